The predicted octanol–water partition coefficient (Wildman–Crippen LogP) is 1.90. The second-order valence-electron chi connectivity index (χ2n) is 4.75. The van der Waals surface area contributed by atoms with Crippen molar-refractivity contribution in [1.29, 1.82) is 0 Å². The van der Waals surface area contributed by atoms with Crippen molar-refractivity contribution in [3.63, 3.8) is 0 Å². The molecule has 0 aromatic heterocycles. The monoisotopic (exact) mass is 351 g/mol. The van der Waals surface area contributed by atoms with E-state index in [-0.39, 0.29) is 4.32 Å². The van der Waals surface area contributed by atoms with Crippen molar-refractivity contribution in [2.24, 2.45) is 0 Å². The summed E-state index contributed by atoms with van der Waals surface area (Å²) in [5.41, 5.74) is 0.998. The van der Waals surface area contributed by atoms with Gasteiger partial charge in [-0.15, -0.1) is 0 Å². The molecule has 1 atom stereocenters. The van der Waals surface area contributed by atoms with E-state index in [2.05, 4.69) is 0 Å². The lowest BCUT2D eigenvalue weighted by Crippen LogP contribution is -2.45. The fourth-order valence-corrected chi connectivity index (χ4v) is 3.39. The molecule has 0 aliphatic carbocycles. The molecular formula is C15H13NO5S2. The summed E-state index contributed by atoms with van der Waals surface area (Å²) in [6.07, 6.45) is 1.48. The van der Waals surface area contributed by atoms with Crippen LogP contribution in [0.5, 0.6) is 0 Å². The molecule has 2 N–H and O–H groups in total. The maximum atomic E-state index is 12.4. The van der Waals surface area contributed by atoms with E-state index in [0.717, 1.165) is 22.2 Å². The van der Waals surface area contributed by atoms with Crippen LogP contribution in [0.15, 0.2) is 41.3 Å². The van der Waals surface area contributed by atoms with Crippen molar-refractivity contribution in [3.05, 3.63) is 46.9 Å². The zero-order valence-corrected chi connectivity index (χ0v) is 13.5. The van der Waals surface area contributed by atoms with E-state index in [4.69, 9.17) is 22.4 Å². The third-order valence-corrected chi connectivity index (χ3v) is 4.53. The van der Waals surface area contributed by atoms with E-state index in [9.17, 15) is 14.4 Å². The number of hydrogen-bond acceptors (Lipinski definition) is 5. The Morgan fingerprint density at radius 2 is 1.91 bits per heavy atom. The number of carboxylic acid groups (broad SMARTS) is 2. The van der Waals surface area contributed by atoms with Crippen LogP contribution in [-0.2, 0) is 20.8 Å². The first-order chi connectivity index (χ1) is 10.9. The molecule has 0 spiro atoms. The lowest BCUT2D eigenvalue weighted by molar-refractivity contribution is -0.150. The van der Waals surface area contributed by atoms with Crippen molar-refractivity contribution < 1.29 is 24.6 Å². The van der Waals surface area contributed by atoms with Crippen LogP contribution in [0.3, 0.4) is 0 Å². The summed E-state index contributed by atoms with van der Waals surface area (Å²) in [7, 11) is 0. The van der Waals surface area contributed by atoms with E-state index < -0.39 is 30.3 Å². The first-order valence-corrected chi connectivity index (χ1v) is 7.86. The second-order valence-corrected chi connectivity index (χ2v) is 6.43. The number of carbonyl (C=O) groups is 3. The van der Waals surface area contributed by atoms with Gasteiger partial charge in [-0.1, -0.05) is 60.4 Å². The van der Waals surface area contributed by atoms with Crippen molar-refractivity contribution in [2.75, 3.05) is 0 Å². The normalized spacial score (nSPS) is 17.6. The maximum Gasteiger partial charge on any atom is 0.327 e. The number of rotatable bonds is 6. The summed E-state index contributed by atoms with van der Waals surface area (Å²) in [4.78, 5) is 35.6. The standard InChI is InChI=1S/C15H13NO5S2/c17-12(18)8-10(14(20)21)16-13(19)11(23-15(16)22)7-6-9-4-2-1-3-5-9/h1-5,7,10H,6,8H2,(H,17,18)(H,20,21). The highest BCUT2D eigenvalue weighted by Crippen LogP contribution is 2.33. The molecule has 0 bridgehead atoms. The van der Waals surface area contributed by atoms with E-state index in [1.807, 2.05) is 30.3 Å². The van der Waals surface area contributed by atoms with Gasteiger partial charge in [-0.25, -0.2) is 4.79 Å². The smallest absolute Gasteiger partial charge is 0.327 e. The van der Waals surface area contributed by atoms with Gasteiger partial charge in [-0.3, -0.25) is 14.5 Å². The molecular weight excluding hydrogens is 338 g/mol. The van der Waals surface area contributed by atoms with Crippen LogP contribution in [0.4, 0.5) is 0 Å². The zero-order chi connectivity index (χ0) is 17.0. The Morgan fingerprint density at radius 1 is 1.26 bits per heavy atom. The Kier molecular flexibility index (Phi) is 5.51. The van der Waals surface area contributed by atoms with Gasteiger partial charge >= 0.3 is 11.9 Å². The fraction of sp³-hybridized carbons (Fsp3) is 0.200. The van der Waals surface area contributed by atoms with Crippen LogP contribution >= 0.6 is 24.0 Å². The van der Waals surface area contributed by atoms with Gasteiger partial charge in [0.15, 0.2) is 0 Å². The first-order valence-electron chi connectivity index (χ1n) is 6.64. The Morgan fingerprint density at radius 3 is 2.48 bits per heavy atom. The maximum absolute atomic E-state index is 12.4. The van der Waals surface area contributed by atoms with E-state index in [1.54, 1.807) is 6.08 Å². The molecule has 1 aliphatic heterocycles. The molecule has 1 aromatic rings. The molecule has 6 nitrogen and oxygen atoms in total. The molecule has 2 rings (SSSR count). The average Bonchev–Trinajstić information content (AvgIpc) is 2.78. The first kappa shape index (κ1) is 17.2. The Hall–Kier alpha value is -2.19. The molecule has 120 valence electrons. The number of benzene rings is 1. The Bertz CT molecular complexity index is 686. The van der Waals surface area contributed by atoms with Gasteiger partial charge in [-0.05, 0) is 12.0 Å². The molecule has 1 unspecified atom stereocenters. The van der Waals surface area contributed by atoms with E-state index in [0.29, 0.717) is 11.3 Å². The number of thioether (sulfide) groups is 1. The number of nitrogens with zero attached hydrogens (tertiary/aromatic N) is 1. The summed E-state index contributed by atoms with van der Waals surface area (Å²) in [5, 5.41) is 18.0. The van der Waals surface area contributed by atoms with Crippen LogP contribution < -0.4 is 0 Å². The lowest BCUT2D eigenvalue weighted by atomic mass is 10.1. The molecule has 1 aromatic carbocycles. The van der Waals surface area contributed by atoms with Crippen molar-refractivity contribution in [3.8, 4) is 0 Å². The van der Waals surface area contributed by atoms with Gasteiger partial charge in [0.05, 0.1) is 11.3 Å². The van der Waals surface area contributed by atoms with Crippen molar-refractivity contribution in [1.82, 2.24) is 4.90 Å². The summed E-state index contributed by atoms with van der Waals surface area (Å²) in [5.74, 6) is -3.27. The van der Waals surface area contributed by atoms with Gasteiger partial charge in [0.1, 0.15) is 10.4 Å². The van der Waals surface area contributed by atoms with E-state index >= 15 is 0 Å². The van der Waals surface area contributed by atoms with Crippen LogP contribution in [0, 0.1) is 0 Å². The minimum atomic E-state index is -1.50. The lowest BCUT2D eigenvalue weighted by Gasteiger charge is -2.21. The fourth-order valence-electron chi connectivity index (χ4n) is 2.07. The van der Waals surface area contributed by atoms with Crippen molar-refractivity contribution in [2.45, 2.75) is 18.9 Å². The third kappa shape index (κ3) is 4.17. The van der Waals surface area contributed by atoms with Gasteiger partial charge in [0.2, 0.25) is 0 Å². The Labute approximate surface area is 141 Å². The summed E-state index contributed by atoms with van der Waals surface area (Å²) < 4.78 is 0.0583. The minimum absolute atomic E-state index is 0.0583. The topological polar surface area (TPSA) is 94.9 Å². The van der Waals surface area contributed by atoms with Crippen LogP contribution in [0.25, 0.3) is 0 Å². The number of hydrogen-bond donors (Lipinski definition) is 2. The number of carboxylic acids is 2. The summed E-state index contributed by atoms with van der Waals surface area (Å²) >= 11 is 6.03. The van der Waals surface area contributed by atoms with Crippen LogP contribution in [0.1, 0.15) is 12.0 Å². The van der Waals surface area contributed by atoms with Gasteiger partial charge in [0, 0.05) is 0 Å². The van der Waals surface area contributed by atoms with Gasteiger partial charge in [0.25, 0.3) is 5.91 Å². The van der Waals surface area contributed by atoms with Crippen LogP contribution in [-0.4, -0.2) is 43.3 Å². The second kappa shape index (κ2) is 7.38. The molecule has 1 saturated heterocycles. The average molecular weight is 351 g/mol. The molecule has 1 amide bonds. The summed E-state index contributed by atoms with van der Waals surface area (Å²) in [6, 6.07) is 7.95. The predicted molar refractivity (Wildman–Crippen MR) is 88.9 cm³/mol. The van der Waals surface area contributed by atoms with Crippen molar-refractivity contribution >= 4 is 46.1 Å². The van der Waals surface area contributed by atoms with Gasteiger partial charge < -0.3 is 10.2 Å². The van der Waals surface area contributed by atoms with Crippen LogP contribution in [0.2, 0.25) is 0 Å². The quantitative estimate of drug-likeness (QED) is 0.597. The molecule has 0 saturated carbocycles. The molecule has 1 heterocycles. The molecule has 8 heteroatoms. The minimum Gasteiger partial charge on any atom is -0.481 e. The zero-order valence-electron chi connectivity index (χ0n) is 11.8. The molecule has 1 fully saturated rings. The highest BCUT2D eigenvalue weighted by molar-refractivity contribution is 8.26. The number of allylic oxidation sites excluding steroid dienone is 1. The highest BCUT2D eigenvalue weighted by atomic mass is 32.2. The largest absolute Gasteiger partial charge is 0.481 e. The molecule has 23 heavy (non-hydrogen) atoms. The number of thiocarbonyl (C=S) groups is 1. The SMILES string of the molecule is O=C(O)CC(C(=O)O)N1C(=O)C(=CCc2ccccc2)SC1=S. The summed E-state index contributed by atoms with van der Waals surface area (Å²) in [6.45, 7) is 0. The molecule has 0 radical (unpaired) electrons. The van der Waals surface area contributed by atoms with Gasteiger partial charge in [-0.2, -0.15) is 0 Å². The third-order valence-electron chi connectivity index (χ3n) is 3.15. The number of amides is 1. The highest BCUT2D eigenvalue weighted by Gasteiger charge is 2.41. The Balaban J connectivity index is 2.18. The molecule has 1 aliphatic rings. The number of carbonyl (C=O) groups excluding carboxylic acids is 1. The van der Waals surface area contributed by atoms with E-state index in [1.165, 1.54) is 0 Å². The number of aliphatic carboxylic acids is 2.